The molecular formula is C13H17N3O2S3. The van der Waals surface area contributed by atoms with Crippen LogP contribution in [0.15, 0.2) is 29.2 Å². The molecule has 1 aromatic carbocycles. The van der Waals surface area contributed by atoms with Crippen molar-refractivity contribution in [2.45, 2.75) is 18.7 Å². The number of nitrogen functional groups attached to an aromatic ring is 1. The molecule has 5 nitrogen and oxygen atoms in total. The highest BCUT2D eigenvalue weighted by Gasteiger charge is 2.14. The third kappa shape index (κ3) is 4.62. The molecule has 0 fully saturated rings. The van der Waals surface area contributed by atoms with Gasteiger partial charge in [-0.1, -0.05) is 12.1 Å². The highest BCUT2D eigenvalue weighted by atomic mass is 32.2. The van der Waals surface area contributed by atoms with E-state index in [1.165, 1.54) is 23.1 Å². The molecule has 0 aliphatic rings. The number of thioether (sulfide) groups is 1. The Bertz CT molecular complexity index is 707. The molecule has 1 aromatic heterocycles. The van der Waals surface area contributed by atoms with Gasteiger partial charge in [0.2, 0.25) is 10.0 Å². The van der Waals surface area contributed by atoms with Crippen molar-refractivity contribution in [1.82, 2.24) is 4.98 Å². The summed E-state index contributed by atoms with van der Waals surface area (Å²) >= 11 is 2.78. The minimum Gasteiger partial charge on any atom is -0.398 e. The first-order valence-corrected chi connectivity index (χ1v) is 9.74. The largest absolute Gasteiger partial charge is 0.398 e. The van der Waals surface area contributed by atoms with Gasteiger partial charge in [-0.3, -0.25) is 4.72 Å². The molecule has 2 rings (SSSR count). The first kappa shape index (κ1) is 16.1. The number of sulfonamides is 1. The first-order chi connectivity index (χ1) is 9.87. The molecule has 0 amide bonds. The number of para-hydroxylation sites is 1. The van der Waals surface area contributed by atoms with E-state index in [4.69, 9.17) is 5.73 Å². The molecule has 0 saturated carbocycles. The standard InChI is InChI=1S/C13H17N3O2S3/c1-9-10(2)20-13(15-9)16-21(17,18)8-7-19-12-6-4-3-5-11(12)14/h3-6H,7-8,14H2,1-2H3,(H,15,16). The number of hydrogen-bond acceptors (Lipinski definition) is 6. The van der Waals surface area contributed by atoms with Gasteiger partial charge in [-0.25, -0.2) is 13.4 Å². The summed E-state index contributed by atoms with van der Waals surface area (Å²) in [5.41, 5.74) is 7.34. The normalized spacial score (nSPS) is 11.5. The van der Waals surface area contributed by atoms with Crippen LogP contribution < -0.4 is 10.5 Å². The third-order valence-electron chi connectivity index (χ3n) is 2.80. The summed E-state index contributed by atoms with van der Waals surface area (Å²) in [5.74, 6) is 0.455. The number of aryl methyl sites for hydroxylation is 2. The Balaban J connectivity index is 1.91. The molecule has 0 saturated heterocycles. The van der Waals surface area contributed by atoms with Crippen LogP contribution in [0.2, 0.25) is 0 Å². The fourth-order valence-corrected chi connectivity index (χ4v) is 5.04. The Morgan fingerprint density at radius 2 is 2.05 bits per heavy atom. The molecule has 0 aliphatic heterocycles. The molecule has 0 radical (unpaired) electrons. The van der Waals surface area contributed by atoms with Gasteiger partial charge in [-0.2, -0.15) is 0 Å². The molecule has 0 unspecified atom stereocenters. The molecule has 0 atom stereocenters. The maximum Gasteiger partial charge on any atom is 0.235 e. The number of thiazole rings is 1. The van der Waals surface area contributed by atoms with Crippen molar-refractivity contribution >= 4 is 43.9 Å². The Labute approximate surface area is 133 Å². The van der Waals surface area contributed by atoms with Crippen molar-refractivity contribution in [2.75, 3.05) is 22.0 Å². The average molecular weight is 343 g/mol. The summed E-state index contributed by atoms with van der Waals surface area (Å²) in [6.45, 7) is 3.77. The van der Waals surface area contributed by atoms with Crippen LogP contribution in [0.4, 0.5) is 10.8 Å². The van der Waals surface area contributed by atoms with Gasteiger partial charge < -0.3 is 5.73 Å². The molecule has 21 heavy (non-hydrogen) atoms. The van der Waals surface area contributed by atoms with E-state index < -0.39 is 10.0 Å². The molecule has 0 bridgehead atoms. The zero-order valence-electron chi connectivity index (χ0n) is 11.8. The zero-order valence-corrected chi connectivity index (χ0v) is 14.2. The SMILES string of the molecule is Cc1nc(NS(=O)(=O)CCSc2ccccc2N)sc1C. The lowest BCUT2D eigenvalue weighted by atomic mass is 10.3. The highest BCUT2D eigenvalue weighted by Crippen LogP contribution is 2.25. The van der Waals surface area contributed by atoms with Gasteiger partial charge >= 0.3 is 0 Å². The first-order valence-electron chi connectivity index (χ1n) is 6.29. The number of nitrogens with zero attached hydrogens (tertiary/aromatic N) is 1. The summed E-state index contributed by atoms with van der Waals surface area (Å²) in [6, 6.07) is 7.42. The second kappa shape index (κ2) is 6.67. The molecule has 0 aliphatic carbocycles. The summed E-state index contributed by atoms with van der Waals surface area (Å²) in [6.07, 6.45) is 0. The Hall–Kier alpha value is -1.25. The van der Waals surface area contributed by atoms with E-state index in [9.17, 15) is 8.42 Å². The molecule has 8 heteroatoms. The van der Waals surface area contributed by atoms with Crippen molar-refractivity contribution in [3.05, 3.63) is 34.8 Å². The van der Waals surface area contributed by atoms with Crippen molar-refractivity contribution in [3.63, 3.8) is 0 Å². The average Bonchev–Trinajstić information content (AvgIpc) is 2.69. The van der Waals surface area contributed by atoms with Crippen LogP contribution in [0, 0.1) is 13.8 Å². The molecule has 3 N–H and O–H groups in total. The van der Waals surface area contributed by atoms with Gasteiger partial charge in [-0.15, -0.1) is 23.1 Å². The number of aromatic nitrogens is 1. The van der Waals surface area contributed by atoms with Gasteiger partial charge in [0.05, 0.1) is 11.4 Å². The van der Waals surface area contributed by atoms with Gasteiger partial charge in [0.15, 0.2) is 5.13 Å². The van der Waals surface area contributed by atoms with Gasteiger partial charge in [0.1, 0.15) is 0 Å². The molecule has 1 heterocycles. The minimum atomic E-state index is -3.38. The quantitative estimate of drug-likeness (QED) is 0.622. The second-order valence-electron chi connectivity index (χ2n) is 4.47. The monoisotopic (exact) mass is 343 g/mol. The predicted molar refractivity (Wildman–Crippen MR) is 90.6 cm³/mol. The summed E-state index contributed by atoms with van der Waals surface area (Å²) in [5, 5.41) is 0.425. The summed E-state index contributed by atoms with van der Waals surface area (Å²) in [7, 11) is -3.38. The minimum absolute atomic E-state index is 0.0175. The van der Waals surface area contributed by atoms with Crippen molar-refractivity contribution in [1.29, 1.82) is 0 Å². The lowest BCUT2D eigenvalue weighted by Crippen LogP contribution is -2.18. The van der Waals surface area contributed by atoms with E-state index in [0.717, 1.165) is 15.5 Å². The van der Waals surface area contributed by atoms with E-state index in [2.05, 4.69) is 9.71 Å². The number of nitrogens with one attached hydrogen (secondary N) is 1. The number of nitrogens with two attached hydrogens (primary N) is 1. The highest BCUT2D eigenvalue weighted by molar-refractivity contribution is 8.01. The van der Waals surface area contributed by atoms with E-state index >= 15 is 0 Å². The summed E-state index contributed by atoms with van der Waals surface area (Å²) in [4.78, 5) is 6.09. The maximum absolute atomic E-state index is 12.0. The fraction of sp³-hybridized carbons (Fsp3) is 0.308. The second-order valence-corrected chi connectivity index (χ2v) is 8.65. The maximum atomic E-state index is 12.0. The topological polar surface area (TPSA) is 85.1 Å². The van der Waals surface area contributed by atoms with E-state index in [1.807, 2.05) is 32.0 Å². The predicted octanol–water partition coefficient (Wildman–Crippen LogP) is 2.88. The Morgan fingerprint density at radius 3 is 2.67 bits per heavy atom. The lowest BCUT2D eigenvalue weighted by Gasteiger charge is -2.06. The van der Waals surface area contributed by atoms with Gasteiger partial charge in [0, 0.05) is 21.2 Å². The van der Waals surface area contributed by atoms with Crippen LogP contribution >= 0.6 is 23.1 Å². The van der Waals surface area contributed by atoms with Crippen LogP contribution in [0.1, 0.15) is 10.6 Å². The molecular weight excluding hydrogens is 326 g/mol. The summed E-state index contributed by atoms with van der Waals surface area (Å²) < 4.78 is 26.5. The molecule has 0 spiro atoms. The fourth-order valence-electron chi connectivity index (χ4n) is 1.57. The van der Waals surface area contributed by atoms with Crippen LogP contribution in [0.3, 0.4) is 0 Å². The third-order valence-corrected chi connectivity index (χ3v) is 6.51. The van der Waals surface area contributed by atoms with E-state index in [1.54, 1.807) is 6.07 Å². The Kier molecular flexibility index (Phi) is 5.13. The zero-order chi connectivity index (χ0) is 15.5. The van der Waals surface area contributed by atoms with E-state index in [0.29, 0.717) is 16.6 Å². The van der Waals surface area contributed by atoms with Crippen molar-refractivity contribution in [2.24, 2.45) is 0 Å². The number of rotatable bonds is 6. The number of anilines is 2. The lowest BCUT2D eigenvalue weighted by molar-refractivity contribution is 0.602. The molecule has 114 valence electrons. The van der Waals surface area contributed by atoms with Gasteiger partial charge in [-0.05, 0) is 26.0 Å². The number of benzene rings is 1. The van der Waals surface area contributed by atoms with Crippen LogP contribution in [-0.2, 0) is 10.0 Å². The van der Waals surface area contributed by atoms with Crippen molar-refractivity contribution in [3.8, 4) is 0 Å². The molecule has 2 aromatic rings. The number of hydrogen-bond donors (Lipinski definition) is 2. The Morgan fingerprint density at radius 1 is 1.33 bits per heavy atom. The van der Waals surface area contributed by atoms with E-state index in [-0.39, 0.29) is 5.75 Å². The van der Waals surface area contributed by atoms with Crippen LogP contribution in [0.25, 0.3) is 0 Å². The van der Waals surface area contributed by atoms with Gasteiger partial charge in [0.25, 0.3) is 0 Å². The smallest absolute Gasteiger partial charge is 0.235 e. The van der Waals surface area contributed by atoms with Crippen LogP contribution in [-0.4, -0.2) is 24.9 Å². The van der Waals surface area contributed by atoms with Crippen LogP contribution in [0.5, 0.6) is 0 Å². The van der Waals surface area contributed by atoms with Crippen molar-refractivity contribution < 1.29 is 8.42 Å².